The van der Waals surface area contributed by atoms with E-state index in [0.29, 0.717) is 0 Å². The lowest BCUT2D eigenvalue weighted by molar-refractivity contribution is 0.522. The van der Waals surface area contributed by atoms with Crippen molar-refractivity contribution in [2.75, 3.05) is 5.73 Å². The molecule has 18 heavy (non-hydrogen) atoms. The van der Waals surface area contributed by atoms with Crippen molar-refractivity contribution in [3.05, 3.63) is 54.1 Å². The Morgan fingerprint density at radius 2 is 1.94 bits per heavy atom. The molecule has 2 rings (SSSR count). The smallest absolute Gasteiger partial charge is 0.0378 e. The molecule has 2 aromatic heterocycles. The summed E-state index contributed by atoms with van der Waals surface area (Å²) in [7, 11) is 0. The van der Waals surface area contributed by atoms with E-state index in [2.05, 4.69) is 15.4 Å². The maximum Gasteiger partial charge on any atom is 0.0378 e. The lowest BCUT2D eigenvalue weighted by Gasteiger charge is -2.16. The van der Waals surface area contributed by atoms with Crippen LogP contribution < -0.4 is 17.0 Å². The third-order valence-electron chi connectivity index (χ3n) is 2.85. The Labute approximate surface area is 106 Å². The Bertz CT molecular complexity index is 486. The number of rotatable bonds is 5. The number of aromatic nitrogens is 2. The average Bonchev–Trinajstić information content (AvgIpc) is 2.41. The molecule has 0 aliphatic rings. The Morgan fingerprint density at radius 1 is 1.11 bits per heavy atom. The van der Waals surface area contributed by atoms with E-state index >= 15 is 0 Å². The largest absolute Gasteiger partial charge is 0.398 e. The number of hydrogen-bond donors (Lipinski definition) is 3. The normalized spacial score (nSPS) is 12.3. The first-order chi connectivity index (χ1) is 8.79. The molecule has 2 aromatic rings. The molecule has 0 saturated heterocycles. The molecule has 0 fully saturated rings. The van der Waals surface area contributed by atoms with E-state index in [9.17, 15) is 0 Å². The standard InChI is InChI=1S/C13H17N5/c14-13-3-5-17-9-11(13)7-12(18-15)6-10-2-1-4-16-8-10/h1-5,8-9,12,18H,6-7,15H2,(H2,14,17). The van der Waals surface area contributed by atoms with Crippen LogP contribution in [0.2, 0.25) is 0 Å². The molecule has 0 aliphatic carbocycles. The lowest BCUT2D eigenvalue weighted by Crippen LogP contribution is -2.38. The van der Waals surface area contributed by atoms with Gasteiger partial charge in [-0.25, -0.2) is 0 Å². The minimum atomic E-state index is 0.112. The Kier molecular flexibility index (Phi) is 4.22. The Morgan fingerprint density at radius 3 is 2.61 bits per heavy atom. The highest BCUT2D eigenvalue weighted by Gasteiger charge is 2.10. The number of pyridine rings is 2. The molecule has 0 saturated carbocycles. The predicted octanol–water partition coefficient (Wildman–Crippen LogP) is 0.676. The summed E-state index contributed by atoms with van der Waals surface area (Å²) in [6.45, 7) is 0. The van der Waals surface area contributed by atoms with Crippen LogP contribution in [0.5, 0.6) is 0 Å². The lowest BCUT2D eigenvalue weighted by atomic mass is 10.0. The fourth-order valence-electron chi connectivity index (χ4n) is 1.87. The van der Waals surface area contributed by atoms with Gasteiger partial charge in [0.1, 0.15) is 0 Å². The zero-order chi connectivity index (χ0) is 12.8. The summed E-state index contributed by atoms with van der Waals surface area (Å²) in [5.74, 6) is 5.59. The first-order valence-electron chi connectivity index (χ1n) is 5.83. The summed E-state index contributed by atoms with van der Waals surface area (Å²) >= 11 is 0. The number of nitrogens with one attached hydrogen (secondary N) is 1. The van der Waals surface area contributed by atoms with Crippen molar-refractivity contribution in [1.82, 2.24) is 15.4 Å². The highest BCUT2D eigenvalue weighted by molar-refractivity contribution is 5.44. The molecule has 5 nitrogen and oxygen atoms in total. The zero-order valence-electron chi connectivity index (χ0n) is 10.1. The molecule has 0 aliphatic heterocycles. The summed E-state index contributed by atoms with van der Waals surface area (Å²) in [5, 5.41) is 0. The molecule has 94 valence electrons. The Balaban J connectivity index is 2.04. The molecule has 1 unspecified atom stereocenters. The van der Waals surface area contributed by atoms with Gasteiger partial charge in [0.15, 0.2) is 0 Å². The van der Waals surface area contributed by atoms with Crippen molar-refractivity contribution in [2.45, 2.75) is 18.9 Å². The zero-order valence-corrected chi connectivity index (χ0v) is 10.1. The first kappa shape index (κ1) is 12.5. The number of anilines is 1. The molecule has 0 amide bonds. The molecule has 0 spiro atoms. The average molecular weight is 243 g/mol. The second kappa shape index (κ2) is 6.09. The predicted molar refractivity (Wildman–Crippen MR) is 71.4 cm³/mol. The monoisotopic (exact) mass is 243 g/mol. The minimum absolute atomic E-state index is 0.112. The topological polar surface area (TPSA) is 89.8 Å². The van der Waals surface area contributed by atoms with Gasteiger partial charge in [-0.15, -0.1) is 0 Å². The van der Waals surface area contributed by atoms with Gasteiger partial charge in [0.25, 0.3) is 0 Å². The van der Waals surface area contributed by atoms with Crippen molar-refractivity contribution in [3.63, 3.8) is 0 Å². The molecular formula is C13H17N5. The van der Waals surface area contributed by atoms with Crippen molar-refractivity contribution in [3.8, 4) is 0 Å². The van der Waals surface area contributed by atoms with Gasteiger partial charge in [-0.1, -0.05) is 6.07 Å². The molecule has 0 aromatic carbocycles. The van der Waals surface area contributed by atoms with Gasteiger partial charge >= 0.3 is 0 Å². The van der Waals surface area contributed by atoms with Crippen molar-refractivity contribution in [2.24, 2.45) is 5.84 Å². The van der Waals surface area contributed by atoms with Crippen LogP contribution in [-0.4, -0.2) is 16.0 Å². The second-order valence-corrected chi connectivity index (χ2v) is 4.21. The van der Waals surface area contributed by atoms with Gasteiger partial charge in [0, 0.05) is 36.5 Å². The van der Waals surface area contributed by atoms with E-state index in [-0.39, 0.29) is 6.04 Å². The SMILES string of the molecule is NNC(Cc1cccnc1)Cc1cnccc1N. The third-order valence-corrected chi connectivity index (χ3v) is 2.85. The van der Waals surface area contributed by atoms with Crippen LogP contribution in [0.25, 0.3) is 0 Å². The molecule has 2 heterocycles. The van der Waals surface area contributed by atoms with E-state index in [1.54, 1.807) is 24.7 Å². The number of nitrogen functional groups attached to an aromatic ring is 1. The molecule has 0 bridgehead atoms. The van der Waals surface area contributed by atoms with Gasteiger partial charge in [0.05, 0.1) is 0 Å². The molecule has 1 atom stereocenters. The number of hydrazine groups is 1. The summed E-state index contributed by atoms with van der Waals surface area (Å²) in [6.07, 6.45) is 8.61. The van der Waals surface area contributed by atoms with Gasteiger partial charge in [-0.3, -0.25) is 21.2 Å². The van der Waals surface area contributed by atoms with E-state index in [1.165, 1.54) is 0 Å². The maximum absolute atomic E-state index is 5.90. The summed E-state index contributed by atoms with van der Waals surface area (Å²) in [5.41, 5.74) is 11.6. The van der Waals surface area contributed by atoms with Crippen LogP contribution in [0, 0.1) is 0 Å². The van der Waals surface area contributed by atoms with Crippen LogP contribution in [0.3, 0.4) is 0 Å². The molecule has 5 N–H and O–H groups in total. The number of nitrogens with two attached hydrogens (primary N) is 2. The third kappa shape index (κ3) is 3.26. The van der Waals surface area contributed by atoms with Gasteiger partial charge in [0.2, 0.25) is 0 Å². The van der Waals surface area contributed by atoms with Gasteiger partial charge in [-0.2, -0.15) is 0 Å². The highest BCUT2D eigenvalue weighted by Crippen LogP contribution is 2.13. The Hall–Kier alpha value is -1.98. The van der Waals surface area contributed by atoms with E-state index < -0.39 is 0 Å². The second-order valence-electron chi connectivity index (χ2n) is 4.21. The van der Waals surface area contributed by atoms with Crippen LogP contribution in [0.1, 0.15) is 11.1 Å². The van der Waals surface area contributed by atoms with Crippen molar-refractivity contribution >= 4 is 5.69 Å². The fraction of sp³-hybridized carbons (Fsp3) is 0.231. The molecule has 0 radical (unpaired) electrons. The fourth-order valence-corrected chi connectivity index (χ4v) is 1.87. The summed E-state index contributed by atoms with van der Waals surface area (Å²) < 4.78 is 0. The quantitative estimate of drug-likeness (QED) is 0.530. The van der Waals surface area contributed by atoms with Gasteiger partial charge < -0.3 is 5.73 Å². The summed E-state index contributed by atoms with van der Waals surface area (Å²) in [6, 6.07) is 5.86. The van der Waals surface area contributed by atoms with Gasteiger partial charge in [-0.05, 0) is 36.1 Å². The highest BCUT2D eigenvalue weighted by atomic mass is 15.2. The first-order valence-corrected chi connectivity index (χ1v) is 5.83. The minimum Gasteiger partial charge on any atom is -0.398 e. The van der Waals surface area contributed by atoms with Crippen LogP contribution in [-0.2, 0) is 12.8 Å². The number of hydrogen-bond acceptors (Lipinski definition) is 5. The van der Waals surface area contributed by atoms with E-state index in [4.69, 9.17) is 11.6 Å². The maximum atomic E-state index is 5.90. The molecule has 5 heteroatoms. The van der Waals surface area contributed by atoms with Crippen LogP contribution in [0.4, 0.5) is 5.69 Å². The van der Waals surface area contributed by atoms with E-state index in [0.717, 1.165) is 29.7 Å². The molecular weight excluding hydrogens is 226 g/mol. The van der Waals surface area contributed by atoms with E-state index in [1.807, 2.05) is 18.3 Å². The summed E-state index contributed by atoms with van der Waals surface area (Å²) in [4.78, 5) is 8.17. The van der Waals surface area contributed by atoms with Crippen molar-refractivity contribution in [1.29, 1.82) is 0 Å². The van der Waals surface area contributed by atoms with Crippen LogP contribution in [0.15, 0.2) is 43.0 Å². The van der Waals surface area contributed by atoms with Crippen molar-refractivity contribution < 1.29 is 0 Å². The van der Waals surface area contributed by atoms with Crippen LogP contribution >= 0.6 is 0 Å². The number of nitrogens with zero attached hydrogens (tertiary/aromatic N) is 2.